The summed E-state index contributed by atoms with van der Waals surface area (Å²) in [5.74, 6) is -3.26. The number of benzene rings is 1. The summed E-state index contributed by atoms with van der Waals surface area (Å²) in [6, 6.07) is 6.74. The number of amides is 1. The highest BCUT2D eigenvalue weighted by atomic mass is 19.4. The van der Waals surface area contributed by atoms with E-state index >= 15 is 0 Å². The summed E-state index contributed by atoms with van der Waals surface area (Å²) >= 11 is 0. The molecule has 1 aromatic rings. The minimum absolute atomic E-state index is 0.0966. The minimum atomic E-state index is -4.66. The van der Waals surface area contributed by atoms with Gasteiger partial charge in [-0.1, -0.05) is 37.3 Å². The monoisotopic (exact) mass is 333 g/mol. The van der Waals surface area contributed by atoms with Crippen LogP contribution in [0.3, 0.4) is 0 Å². The van der Waals surface area contributed by atoms with E-state index in [0.29, 0.717) is 5.56 Å². The van der Waals surface area contributed by atoms with Crippen molar-refractivity contribution in [3.8, 4) is 0 Å². The molecule has 5 nitrogen and oxygen atoms in total. The summed E-state index contributed by atoms with van der Waals surface area (Å²) < 4.78 is 47.8. The quantitative estimate of drug-likeness (QED) is 0.813. The van der Waals surface area contributed by atoms with Crippen LogP contribution in [0.2, 0.25) is 0 Å². The van der Waals surface area contributed by atoms with Gasteiger partial charge in [0.25, 0.3) is 0 Å². The fourth-order valence-electron chi connectivity index (χ4n) is 1.70. The number of ether oxygens (including phenoxy) is 2. The van der Waals surface area contributed by atoms with Crippen LogP contribution in [-0.4, -0.2) is 30.9 Å². The SMILES string of the molecule is CCOC(=O)C(NC(=O)OCc1ccccc1)[C@@H](C)C(F)(F)F. The molecule has 128 valence electrons. The molecule has 1 aromatic carbocycles. The molecule has 0 radical (unpaired) electrons. The third kappa shape index (κ3) is 6.17. The molecular formula is C15H18F3NO4. The zero-order valence-electron chi connectivity index (χ0n) is 12.7. The fraction of sp³-hybridized carbons (Fsp3) is 0.467. The van der Waals surface area contributed by atoms with E-state index in [-0.39, 0.29) is 13.2 Å². The molecule has 0 spiro atoms. The van der Waals surface area contributed by atoms with Gasteiger partial charge in [-0.2, -0.15) is 13.2 Å². The van der Waals surface area contributed by atoms with Crippen molar-refractivity contribution in [3.63, 3.8) is 0 Å². The molecule has 0 bridgehead atoms. The molecule has 1 rings (SSSR count). The van der Waals surface area contributed by atoms with Crippen LogP contribution in [0.5, 0.6) is 0 Å². The second-order valence-corrected chi connectivity index (χ2v) is 4.77. The van der Waals surface area contributed by atoms with Gasteiger partial charge in [0.15, 0.2) is 0 Å². The normalized spacial score (nSPS) is 13.8. The Labute approximate surface area is 131 Å². The van der Waals surface area contributed by atoms with Gasteiger partial charge in [0.2, 0.25) is 0 Å². The molecule has 0 aliphatic carbocycles. The standard InChI is InChI=1S/C15H18F3NO4/c1-3-22-13(20)12(10(2)15(16,17)18)19-14(21)23-9-11-7-5-4-6-8-11/h4-8,10,12H,3,9H2,1-2H3,(H,19,21)/t10-,12?/m1/s1. The van der Waals surface area contributed by atoms with Crippen LogP contribution in [0.1, 0.15) is 19.4 Å². The Balaban J connectivity index is 2.68. The fourth-order valence-corrected chi connectivity index (χ4v) is 1.70. The van der Waals surface area contributed by atoms with E-state index in [1.807, 2.05) is 5.32 Å². The van der Waals surface area contributed by atoms with Crippen LogP contribution in [0, 0.1) is 5.92 Å². The van der Waals surface area contributed by atoms with E-state index in [1.54, 1.807) is 30.3 Å². The molecule has 1 N–H and O–H groups in total. The number of alkyl halides is 3. The van der Waals surface area contributed by atoms with Crippen molar-refractivity contribution in [2.24, 2.45) is 5.92 Å². The van der Waals surface area contributed by atoms with Crippen molar-refractivity contribution < 1.29 is 32.2 Å². The predicted molar refractivity (Wildman–Crippen MR) is 75.4 cm³/mol. The van der Waals surface area contributed by atoms with Crippen molar-refractivity contribution in [2.75, 3.05) is 6.61 Å². The summed E-state index contributed by atoms with van der Waals surface area (Å²) in [4.78, 5) is 23.3. The molecule has 23 heavy (non-hydrogen) atoms. The number of hydrogen-bond acceptors (Lipinski definition) is 4. The van der Waals surface area contributed by atoms with Crippen molar-refractivity contribution >= 4 is 12.1 Å². The first-order valence-corrected chi connectivity index (χ1v) is 6.96. The van der Waals surface area contributed by atoms with E-state index in [2.05, 4.69) is 4.74 Å². The smallest absolute Gasteiger partial charge is 0.408 e. The van der Waals surface area contributed by atoms with Gasteiger partial charge in [0.1, 0.15) is 12.6 Å². The molecule has 0 saturated carbocycles. The van der Waals surface area contributed by atoms with Gasteiger partial charge in [-0.3, -0.25) is 0 Å². The summed E-state index contributed by atoms with van der Waals surface area (Å²) in [5, 5.41) is 1.92. The number of carbonyl (C=O) groups excluding carboxylic acids is 2. The molecule has 0 fully saturated rings. The van der Waals surface area contributed by atoms with E-state index in [0.717, 1.165) is 6.92 Å². The van der Waals surface area contributed by atoms with Crippen LogP contribution in [-0.2, 0) is 20.9 Å². The number of hydrogen-bond donors (Lipinski definition) is 1. The average molecular weight is 333 g/mol. The van der Waals surface area contributed by atoms with Gasteiger partial charge in [0, 0.05) is 0 Å². The zero-order valence-corrected chi connectivity index (χ0v) is 12.7. The molecule has 8 heteroatoms. The van der Waals surface area contributed by atoms with Gasteiger partial charge in [0.05, 0.1) is 12.5 Å². The van der Waals surface area contributed by atoms with Crippen molar-refractivity contribution in [1.82, 2.24) is 5.32 Å². The summed E-state index contributed by atoms with van der Waals surface area (Å²) in [5.41, 5.74) is 0.666. The third-order valence-electron chi connectivity index (χ3n) is 3.04. The van der Waals surface area contributed by atoms with Gasteiger partial charge in [-0.05, 0) is 12.5 Å². The van der Waals surface area contributed by atoms with Crippen molar-refractivity contribution in [3.05, 3.63) is 35.9 Å². The molecule has 0 aliphatic heterocycles. The number of rotatable bonds is 6. The highest BCUT2D eigenvalue weighted by Gasteiger charge is 2.45. The lowest BCUT2D eigenvalue weighted by Gasteiger charge is -2.24. The zero-order chi connectivity index (χ0) is 17.5. The highest BCUT2D eigenvalue weighted by Crippen LogP contribution is 2.29. The Hall–Kier alpha value is -2.25. The lowest BCUT2D eigenvalue weighted by atomic mass is 10.0. The molecule has 0 heterocycles. The summed E-state index contributed by atoms with van der Waals surface area (Å²) in [7, 11) is 0. The Morgan fingerprint density at radius 3 is 2.30 bits per heavy atom. The van der Waals surface area contributed by atoms with Gasteiger partial charge < -0.3 is 14.8 Å². The number of carbonyl (C=O) groups is 2. The van der Waals surface area contributed by atoms with Crippen LogP contribution >= 0.6 is 0 Å². The maximum atomic E-state index is 12.8. The molecule has 1 unspecified atom stereocenters. The Morgan fingerprint density at radius 2 is 1.78 bits per heavy atom. The second-order valence-electron chi connectivity index (χ2n) is 4.77. The molecule has 0 aliphatic rings. The number of halogens is 3. The predicted octanol–water partition coefficient (Wildman–Crippen LogP) is 3.04. The molecule has 2 atom stereocenters. The second kappa shape index (κ2) is 8.40. The maximum absolute atomic E-state index is 12.8. The molecule has 1 amide bonds. The Bertz CT molecular complexity index is 519. The summed E-state index contributed by atoms with van der Waals surface area (Å²) in [6.45, 7) is 2.03. The van der Waals surface area contributed by atoms with Crippen LogP contribution < -0.4 is 5.32 Å². The maximum Gasteiger partial charge on any atom is 0.408 e. The van der Waals surface area contributed by atoms with E-state index in [1.165, 1.54) is 6.92 Å². The number of esters is 1. The van der Waals surface area contributed by atoms with E-state index < -0.39 is 30.2 Å². The van der Waals surface area contributed by atoms with E-state index in [9.17, 15) is 22.8 Å². The topological polar surface area (TPSA) is 64.6 Å². The lowest BCUT2D eigenvalue weighted by Crippen LogP contribution is -2.50. The Morgan fingerprint density at radius 1 is 1.17 bits per heavy atom. The van der Waals surface area contributed by atoms with E-state index in [4.69, 9.17) is 4.74 Å². The largest absolute Gasteiger partial charge is 0.464 e. The van der Waals surface area contributed by atoms with Crippen LogP contribution in [0.15, 0.2) is 30.3 Å². The van der Waals surface area contributed by atoms with Crippen molar-refractivity contribution in [2.45, 2.75) is 32.7 Å². The molecule has 0 saturated heterocycles. The molecular weight excluding hydrogens is 315 g/mol. The minimum Gasteiger partial charge on any atom is -0.464 e. The van der Waals surface area contributed by atoms with Crippen LogP contribution in [0.4, 0.5) is 18.0 Å². The number of alkyl carbamates (subject to hydrolysis) is 1. The number of nitrogens with one attached hydrogen (secondary N) is 1. The average Bonchev–Trinajstić information content (AvgIpc) is 2.50. The first-order valence-electron chi connectivity index (χ1n) is 6.96. The Kier molecular flexibility index (Phi) is 6.87. The first kappa shape index (κ1) is 18.8. The molecule has 0 aromatic heterocycles. The lowest BCUT2D eigenvalue weighted by molar-refractivity contribution is -0.186. The highest BCUT2D eigenvalue weighted by molar-refractivity contribution is 5.81. The first-order chi connectivity index (χ1) is 10.8. The van der Waals surface area contributed by atoms with Gasteiger partial charge in [-0.25, -0.2) is 9.59 Å². The van der Waals surface area contributed by atoms with Crippen molar-refractivity contribution in [1.29, 1.82) is 0 Å². The third-order valence-corrected chi connectivity index (χ3v) is 3.04. The van der Waals surface area contributed by atoms with Gasteiger partial charge >= 0.3 is 18.2 Å². The summed E-state index contributed by atoms with van der Waals surface area (Å²) in [6.07, 6.45) is -5.78. The van der Waals surface area contributed by atoms with Crippen LogP contribution in [0.25, 0.3) is 0 Å². The van der Waals surface area contributed by atoms with Gasteiger partial charge in [-0.15, -0.1) is 0 Å².